The van der Waals surface area contributed by atoms with E-state index >= 15 is 0 Å². The molecule has 1 aliphatic heterocycles. The zero-order chi connectivity index (χ0) is 23.4. The van der Waals surface area contributed by atoms with Gasteiger partial charge in [0.25, 0.3) is 5.91 Å². The number of hydrogen-bond donors (Lipinski definition) is 0. The number of aromatic nitrogens is 4. The van der Waals surface area contributed by atoms with Crippen LogP contribution in [0.15, 0.2) is 36.7 Å². The van der Waals surface area contributed by atoms with Gasteiger partial charge in [-0.25, -0.2) is 4.68 Å². The van der Waals surface area contributed by atoms with E-state index < -0.39 is 0 Å². The molecule has 0 spiro atoms. The van der Waals surface area contributed by atoms with Gasteiger partial charge in [0.15, 0.2) is 11.5 Å². The van der Waals surface area contributed by atoms with Gasteiger partial charge in [0, 0.05) is 23.7 Å². The highest BCUT2D eigenvalue weighted by Gasteiger charge is 2.27. The number of piperidine rings is 1. The number of benzene rings is 2. The van der Waals surface area contributed by atoms with Gasteiger partial charge in [0.1, 0.15) is 6.33 Å². The molecule has 9 nitrogen and oxygen atoms in total. The van der Waals surface area contributed by atoms with Crippen LogP contribution in [-0.2, 0) is 0 Å². The quantitative estimate of drug-likeness (QED) is 0.540. The van der Waals surface area contributed by atoms with Gasteiger partial charge in [-0.05, 0) is 72.0 Å². The Bertz CT molecular complexity index is 1120. The van der Waals surface area contributed by atoms with Crippen molar-refractivity contribution in [3.05, 3.63) is 42.2 Å². The van der Waals surface area contributed by atoms with E-state index in [0.717, 1.165) is 43.4 Å². The van der Waals surface area contributed by atoms with Crippen molar-refractivity contribution in [2.24, 2.45) is 0 Å². The molecule has 1 fully saturated rings. The van der Waals surface area contributed by atoms with Crippen LogP contribution in [0.5, 0.6) is 17.2 Å². The Kier molecular flexibility index (Phi) is 6.76. The Morgan fingerprint density at radius 2 is 1.88 bits per heavy atom. The van der Waals surface area contributed by atoms with Crippen LogP contribution in [0.25, 0.3) is 16.8 Å². The van der Waals surface area contributed by atoms with E-state index in [1.165, 1.54) is 6.33 Å². The summed E-state index contributed by atoms with van der Waals surface area (Å²) in [7, 11) is 4.73. The molecule has 3 aromatic rings. The van der Waals surface area contributed by atoms with Crippen LogP contribution in [0.2, 0.25) is 0 Å². The van der Waals surface area contributed by atoms with Crippen LogP contribution in [0.3, 0.4) is 0 Å². The van der Waals surface area contributed by atoms with Gasteiger partial charge in [0.05, 0.1) is 27.0 Å². The van der Waals surface area contributed by atoms with E-state index in [0.29, 0.717) is 28.5 Å². The molecule has 0 aliphatic carbocycles. The maximum absolute atomic E-state index is 13.6. The van der Waals surface area contributed by atoms with Crippen molar-refractivity contribution in [2.45, 2.75) is 38.6 Å². The molecule has 2 heterocycles. The summed E-state index contributed by atoms with van der Waals surface area (Å²) in [6.45, 7) is 2.90. The summed E-state index contributed by atoms with van der Waals surface area (Å²) in [6, 6.07) is 9.60. The molecule has 1 amide bonds. The van der Waals surface area contributed by atoms with Crippen molar-refractivity contribution in [2.75, 3.05) is 27.9 Å². The van der Waals surface area contributed by atoms with E-state index in [-0.39, 0.29) is 11.9 Å². The van der Waals surface area contributed by atoms with Crippen LogP contribution >= 0.6 is 0 Å². The number of amides is 1. The second-order valence-electron chi connectivity index (χ2n) is 7.96. The van der Waals surface area contributed by atoms with Crippen molar-refractivity contribution in [3.63, 3.8) is 0 Å². The molecule has 1 atom stereocenters. The topological polar surface area (TPSA) is 91.6 Å². The Morgan fingerprint density at radius 1 is 1.06 bits per heavy atom. The minimum atomic E-state index is 0.0113. The molecule has 4 rings (SSSR count). The molecule has 0 radical (unpaired) electrons. The van der Waals surface area contributed by atoms with Crippen molar-refractivity contribution >= 4 is 5.91 Å². The van der Waals surface area contributed by atoms with Gasteiger partial charge in [-0.1, -0.05) is 6.92 Å². The molecule has 9 heteroatoms. The summed E-state index contributed by atoms with van der Waals surface area (Å²) in [4.78, 5) is 15.6. The van der Waals surface area contributed by atoms with Crippen molar-refractivity contribution in [1.82, 2.24) is 25.1 Å². The van der Waals surface area contributed by atoms with E-state index in [4.69, 9.17) is 14.2 Å². The van der Waals surface area contributed by atoms with Gasteiger partial charge in [-0.3, -0.25) is 4.79 Å². The van der Waals surface area contributed by atoms with E-state index in [2.05, 4.69) is 22.4 Å². The number of carbonyl (C=O) groups is 1. The van der Waals surface area contributed by atoms with Gasteiger partial charge in [-0.2, -0.15) is 0 Å². The van der Waals surface area contributed by atoms with Gasteiger partial charge >= 0.3 is 0 Å². The van der Waals surface area contributed by atoms with Crippen LogP contribution in [-0.4, -0.2) is 64.9 Å². The maximum atomic E-state index is 13.6. The molecular formula is C24H29N5O4. The van der Waals surface area contributed by atoms with Crippen molar-refractivity contribution < 1.29 is 19.0 Å². The number of likely N-dealkylation sites (tertiary alicyclic amines) is 1. The summed E-state index contributed by atoms with van der Waals surface area (Å²) < 4.78 is 18.2. The first-order valence-corrected chi connectivity index (χ1v) is 11.1. The lowest BCUT2D eigenvalue weighted by atomic mass is 9.96. The second-order valence-corrected chi connectivity index (χ2v) is 7.96. The molecule has 0 unspecified atom stereocenters. The fraction of sp³-hybridized carbons (Fsp3) is 0.417. The minimum absolute atomic E-state index is 0.0113. The first kappa shape index (κ1) is 22.6. The SMILES string of the molecule is CC[C@@H]1CCCCN1C(=O)c1cc(-c2ccc(OC)c(OC)c2OC)cc(-n2cnnn2)c1. The molecular weight excluding hydrogens is 422 g/mol. The standard InChI is InChI=1S/C24H29N5O4/c1-5-18-8-6-7-11-28(18)24(30)17-12-16(13-19(14-17)29-15-25-26-27-29)20-9-10-21(31-2)23(33-4)22(20)32-3/h9-10,12-15,18H,5-8,11H2,1-4H3/t18-/m1/s1. The van der Waals surface area contributed by atoms with E-state index in [1.54, 1.807) is 26.0 Å². The number of nitrogens with zero attached hydrogens (tertiary/aromatic N) is 5. The van der Waals surface area contributed by atoms with E-state index in [1.807, 2.05) is 35.2 Å². The zero-order valence-corrected chi connectivity index (χ0v) is 19.4. The first-order chi connectivity index (χ1) is 16.1. The molecule has 174 valence electrons. The number of rotatable bonds is 7. The van der Waals surface area contributed by atoms with Crippen LogP contribution < -0.4 is 14.2 Å². The Morgan fingerprint density at radius 3 is 2.55 bits per heavy atom. The molecule has 0 bridgehead atoms. The Balaban J connectivity index is 1.86. The number of methoxy groups -OCH3 is 3. The fourth-order valence-electron chi connectivity index (χ4n) is 4.49. The summed E-state index contributed by atoms with van der Waals surface area (Å²) >= 11 is 0. The predicted octanol–water partition coefficient (Wildman–Crippen LogP) is 3.76. The summed E-state index contributed by atoms with van der Waals surface area (Å²) in [5.41, 5.74) is 2.82. The average molecular weight is 452 g/mol. The van der Waals surface area contributed by atoms with Crippen LogP contribution in [0.1, 0.15) is 43.0 Å². The normalized spacial score (nSPS) is 15.9. The smallest absolute Gasteiger partial charge is 0.254 e. The van der Waals surface area contributed by atoms with Crippen molar-refractivity contribution in [1.29, 1.82) is 0 Å². The lowest BCUT2D eigenvalue weighted by Gasteiger charge is -2.35. The third kappa shape index (κ3) is 4.35. The average Bonchev–Trinajstić information content (AvgIpc) is 3.42. The van der Waals surface area contributed by atoms with Crippen LogP contribution in [0, 0.1) is 0 Å². The molecule has 1 aromatic heterocycles. The number of ether oxygens (including phenoxy) is 3. The highest BCUT2D eigenvalue weighted by Crippen LogP contribution is 2.44. The Hall–Kier alpha value is -3.62. The van der Waals surface area contributed by atoms with Gasteiger partial charge < -0.3 is 19.1 Å². The third-order valence-corrected chi connectivity index (χ3v) is 6.15. The molecule has 0 saturated carbocycles. The highest BCUT2D eigenvalue weighted by atomic mass is 16.5. The highest BCUT2D eigenvalue weighted by molar-refractivity contribution is 5.97. The lowest BCUT2D eigenvalue weighted by Crippen LogP contribution is -2.43. The summed E-state index contributed by atoms with van der Waals surface area (Å²) in [6.07, 6.45) is 5.65. The Labute approximate surface area is 193 Å². The van der Waals surface area contributed by atoms with Crippen LogP contribution in [0.4, 0.5) is 0 Å². The number of tetrazole rings is 1. The molecule has 0 N–H and O–H groups in total. The predicted molar refractivity (Wildman–Crippen MR) is 123 cm³/mol. The van der Waals surface area contributed by atoms with Crippen molar-refractivity contribution in [3.8, 4) is 34.1 Å². The fourth-order valence-corrected chi connectivity index (χ4v) is 4.49. The van der Waals surface area contributed by atoms with E-state index in [9.17, 15) is 4.79 Å². The summed E-state index contributed by atoms with van der Waals surface area (Å²) in [5, 5.41) is 11.5. The molecule has 33 heavy (non-hydrogen) atoms. The number of hydrogen-bond acceptors (Lipinski definition) is 7. The lowest BCUT2D eigenvalue weighted by molar-refractivity contribution is 0.0608. The first-order valence-electron chi connectivity index (χ1n) is 11.1. The third-order valence-electron chi connectivity index (χ3n) is 6.15. The van der Waals surface area contributed by atoms with Gasteiger partial charge in [0.2, 0.25) is 5.75 Å². The largest absolute Gasteiger partial charge is 0.493 e. The zero-order valence-electron chi connectivity index (χ0n) is 19.4. The molecule has 2 aromatic carbocycles. The number of carbonyl (C=O) groups excluding carboxylic acids is 1. The molecule has 1 aliphatic rings. The minimum Gasteiger partial charge on any atom is -0.493 e. The maximum Gasteiger partial charge on any atom is 0.254 e. The monoisotopic (exact) mass is 451 g/mol. The summed E-state index contributed by atoms with van der Waals surface area (Å²) in [5.74, 6) is 1.58. The second kappa shape index (κ2) is 9.89. The van der Waals surface area contributed by atoms with Gasteiger partial charge in [-0.15, -0.1) is 5.10 Å². The molecule has 1 saturated heterocycles.